The number of aryl methyl sites for hydroxylation is 1. The van der Waals surface area contributed by atoms with Gasteiger partial charge < -0.3 is 4.52 Å². The van der Waals surface area contributed by atoms with Gasteiger partial charge in [-0.1, -0.05) is 29.4 Å². The van der Waals surface area contributed by atoms with Gasteiger partial charge in [-0.3, -0.25) is 4.79 Å². The summed E-state index contributed by atoms with van der Waals surface area (Å²) in [5, 5.41) is 4.09. The summed E-state index contributed by atoms with van der Waals surface area (Å²) in [7, 11) is 0. The summed E-state index contributed by atoms with van der Waals surface area (Å²) in [5.74, 6) is 1.92. The smallest absolute Gasteiger partial charge is 0.234 e. The van der Waals surface area contributed by atoms with Crippen LogP contribution in [0.1, 0.15) is 48.0 Å². The summed E-state index contributed by atoms with van der Waals surface area (Å²) < 4.78 is 5.26. The van der Waals surface area contributed by atoms with Crippen molar-refractivity contribution in [2.75, 3.05) is 0 Å². The number of carbonyl (C=O) groups is 1. The van der Waals surface area contributed by atoms with Crippen molar-refractivity contribution in [3.05, 3.63) is 47.1 Å². The van der Waals surface area contributed by atoms with E-state index in [2.05, 4.69) is 34.4 Å². The molecular weight excluding hydrogens is 252 g/mol. The summed E-state index contributed by atoms with van der Waals surface area (Å²) in [6.45, 7) is 0. The molecule has 1 heterocycles. The lowest BCUT2D eigenvalue weighted by atomic mass is 10.0. The molecule has 1 unspecified atom stereocenters. The van der Waals surface area contributed by atoms with Gasteiger partial charge in [0, 0.05) is 11.8 Å². The molecule has 4 rings (SSSR count). The molecule has 0 saturated heterocycles. The van der Waals surface area contributed by atoms with Gasteiger partial charge >= 0.3 is 0 Å². The van der Waals surface area contributed by atoms with E-state index < -0.39 is 0 Å². The summed E-state index contributed by atoms with van der Waals surface area (Å²) in [6, 6.07) is 8.41. The van der Waals surface area contributed by atoms with Gasteiger partial charge in [0.1, 0.15) is 5.78 Å². The van der Waals surface area contributed by atoms with Crippen LogP contribution in [0, 0.1) is 5.92 Å². The van der Waals surface area contributed by atoms with E-state index in [9.17, 15) is 4.79 Å². The number of benzene rings is 1. The third kappa shape index (κ3) is 2.05. The minimum atomic E-state index is 0.222. The van der Waals surface area contributed by atoms with Crippen LogP contribution >= 0.6 is 0 Å². The van der Waals surface area contributed by atoms with Gasteiger partial charge in [0.15, 0.2) is 5.82 Å². The molecule has 2 aromatic rings. The first kappa shape index (κ1) is 11.8. The van der Waals surface area contributed by atoms with Gasteiger partial charge in [0.25, 0.3) is 0 Å². The Morgan fingerprint density at radius 2 is 2.10 bits per heavy atom. The fraction of sp³-hybridized carbons (Fsp3) is 0.438. The first-order valence-corrected chi connectivity index (χ1v) is 7.24. The molecule has 102 valence electrons. The summed E-state index contributed by atoms with van der Waals surface area (Å²) >= 11 is 0. The minimum Gasteiger partial charge on any atom is -0.339 e. The number of ketones is 1. The van der Waals surface area contributed by atoms with E-state index in [1.165, 1.54) is 11.1 Å². The highest BCUT2D eigenvalue weighted by Crippen LogP contribution is 2.36. The standard InChI is InChI=1S/C16H16N2O2/c19-14(11-5-6-11)9-15-17-16(18-20-15)13-8-7-10-3-1-2-4-12(10)13/h1-4,11,13H,5-9H2. The summed E-state index contributed by atoms with van der Waals surface area (Å²) in [4.78, 5) is 16.2. The fourth-order valence-electron chi connectivity index (χ4n) is 3.01. The normalized spacial score (nSPS) is 20.9. The lowest BCUT2D eigenvalue weighted by molar-refractivity contribution is -0.119. The Hall–Kier alpha value is -1.97. The Labute approximate surface area is 117 Å². The van der Waals surface area contributed by atoms with Crippen LogP contribution in [0.4, 0.5) is 0 Å². The van der Waals surface area contributed by atoms with Crippen LogP contribution in [0.5, 0.6) is 0 Å². The minimum absolute atomic E-state index is 0.222. The summed E-state index contributed by atoms with van der Waals surface area (Å²) in [6.07, 6.45) is 4.43. The molecule has 0 amide bonds. The molecule has 2 aliphatic carbocycles. The molecule has 1 fully saturated rings. The van der Waals surface area contributed by atoms with Gasteiger partial charge in [-0.15, -0.1) is 0 Å². The van der Waals surface area contributed by atoms with Crippen LogP contribution in [0.15, 0.2) is 28.8 Å². The average molecular weight is 268 g/mol. The van der Waals surface area contributed by atoms with Gasteiger partial charge in [0.2, 0.25) is 5.89 Å². The lowest BCUT2D eigenvalue weighted by Gasteiger charge is -2.05. The van der Waals surface area contributed by atoms with Gasteiger partial charge in [0.05, 0.1) is 6.42 Å². The predicted molar refractivity (Wildman–Crippen MR) is 72.3 cm³/mol. The number of Topliss-reactive ketones (excluding diaryl/α,β-unsaturated/α-hetero) is 1. The molecule has 4 nitrogen and oxygen atoms in total. The maximum atomic E-state index is 11.8. The van der Waals surface area contributed by atoms with E-state index >= 15 is 0 Å². The van der Waals surface area contributed by atoms with Crippen molar-refractivity contribution in [3.8, 4) is 0 Å². The zero-order valence-electron chi connectivity index (χ0n) is 11.2. The molecule has 1 saturated carbocycles. The second kappa shape index (κ2) is 4.54. The SMILES string of the molecule is O=C(Cc1nc(C2CCc3ccccc32)no1)C1CC1. The molecule has 4 heteroatoms. The lowest BCUT2D eigenvalue weighted by Crippen LogP contribution is -2.05. The Bertz CT molecular complexity index is 658. The van der Waals surface area contributed by atoms with Gasteiger partial charge in [-0.25, -0.2) is 0 Å². The number of nitrogens with zero attached hydrogens (tertiary/aromatic N) is 2. The Kier molecular flexibility index (Phi) is 2.69. The molecule has 0 aliphatic heterocycles. The maximum Gasteiger partial charge on any atom is 0.234 e. The Balaban J connectivity index is 1.55. The first-order valence-electron chi connectivity index (χ1n) is 7.24. The molecule has 1 aromatic heterocycles. The van der Waals surface area contributed by atoms with Crippen LogP contribution in [-0.2, 0) is 17.6 Å². The van der Waals surface area contributed by atoms with E-state index in [1.807, 2.05) is 0 Å². The number of fused-ring (bicyclic) bond motifs is 1. The molecule has 20 heavy (non-hydrogen) atoms. The zero-order valence-corrected chi connectivity index (χ0v) is 11.2. The highest BCUT2D eigenvalue weighted by Gasteiger charge is 2.32. The van der Waals surface area contributed by atoms with E-state index in [0.717, 1.165) is 31.5 Å². The third-order valence-electron chi connectivity index (χ3n) is 4.29. The second-order valence-corrected chi connectivity index (χ2v) is 5.75. The van der Waals surface area contributed by atoms with Crippen molar-refractivity contribution in [3.63, 3.8) is 0 Å². The molecule has 1 aromatic carbocycles. The van der Waals surface area contributed by atoms with Crippen LogP contribution < -0.4 is 0 Å². The van der Waals surface area contributed by atoms with Crippen molar-refractivity contribution in [1.82, 2.24) is 10.1 Å². The van der Waals surface area contributed by atoms with E-state index in [1.54, 1.807) is 0 Å². The van der Waals surface area contributed by atoms with E-state index in [4.69, 9.17) is 4.52 Å². The maximum absolute atomic E-state index is 11.8. The molecule has 0 N–H and O–H groups in total. The highest BCUT2D eigenvalue weighted by molar-refractivity contribution is 5.84. The number of aromatic nitrogens is 2. The molecular formula is C16H16N2O2. The number of hydrogen-bond acceptors (Lipinski definition) is 4. The predicted octanol–water partition coefficient (Wildman–Crippen LogP) is 2.67. The van der Waals surface area contributed by atoms with E-state index in [-0.39, 0.29) is 17.6 Å². The van der Waals surface area contributed by atoms with Crippen molar-refractivity contribution < 1.29 is 9.32 Å². The second-order valence-electron chi connectivity index (χ2n) is 5.75. The number of rotatable bonds is 4. The van der Waals surface area contributed by atoms with Crippen molar-refractivity contribution in [1.29, 1.82) is 0 Å². The van der Waals surface area contributed by atoms with Gasteiger partial charge in [-0.2, -0.15) is 4.98 Å². The molecule has 0 radical (unpaired) electrons. The Morgan fingerprint density at radius 3 is 2.95 bits per heavy atom. The molecule has 0 bridgehead atoms. The van der Waals surface area contributed by atoms with Crippen molar-refractivity contribution >= 4 is 5.78 Å². The quantitative estimate of drug-likeness (QED) is 0.855. The largest absolute Gasteiger partial charge is 0.339 e. The van der Waals surface area contributed by atoms with Gasteiger partial charge in [-0.05, 0) is 36.8 Å². The average Bonchev–Trinajstić information content (AvgIpc) is 3.08. The third-order valence-corrected chi connectivity index (χ3v) is 4.29. The van der Waals surface area contributed by atoms with Crippen LogP contribution in [-0.4, -0.2) is 15.9 Å². The molecule has 1 atom stereocenters. The van der Waals surface area contributed by atoms with Crippen LogP contribution in [0.3, 0.4) is 0 Å². The monoisotopic (exact) mass is 268 g/mol. The van der Waals surface area contributed by atoms with E-state index in [0.29, 0.717) is 12.3 Å². The molecule has 2 aliphatic rings. The molecule has 0 spiro atoms. The van der Waals surface area contributed by atoms with Crippen molar-refractivity contribution in [2.45, 2.75) is 38.0 Å². The Morgan fingerprint density at radius 1 is 1.25 bits per heavy atom. The highest BCUT2D eigenvalue weighted by atomic mass is 16.5. The fourth-order valence-corrected chi connectivity index (χ4v) is 3.01. The van der Waals surface area contributed by atoms with Crippen LogP contribution in [0.25, 0.3) is 0 Å². The first-order chi connectivity index (χ1) is 9.81. The number of hydrogen-bond donors (Lipinski definition) is 0. The zero-order chi connectivity index (χ0) is 13.5. The summed E-state index contributed by atoms with van der Waals surface area (Å²) in [5.41, 5.74) is 2.67. The van der Waals surface area contributed by atoms with Crippen molar-refractivity contribution in [2.24, 2.45) is 5.92 Å². The van der Waals surface area contributed by atoms with Crippen LogP contribution in [0.2, 0.25) is 0 Å². The topological polar surface area (TPSA) is 56.0 Å². The number of carbonyl (C=O) groups excluding carboxylic acids is 1.